The van der Waals surface area contributed by atoms with E-state index in [1.807, 2.05) is 12.4 Å². The van der Waals surface area contributed by atoms with Crippen LogP contribution >= 0.6 is 0 Å². The van der Waals surface area contributed by atoms with Gasteiger partial charge in [0.25, 0.3) is 11.8 Å². The van der Waals surface area contributed by atoms with E-state index in [0.29, 0.717) is 23.4 Å². The van der Waals surface area contributed by atoms with E-state index in [1.165, 1.54) is 29.0 Å². The van der Waals surface area contributed by atoms with Crippen molar-refractivity contribution in [1.82, 2.24) is 19.7 Å². The van der Waals surface area contributed by atoms with Gasteiger partial charge in [0.05, 0.1) is 23.5 Å². The minimum Gasteiger partial charge on any atom is -0.358 e. The first kappa shape index (κ1) is 19.6. The van der Waals surface area contributed by atoms with E-state index in [-0.39, 0.29) is 11.8 Å². The fraction of sp³-hybridized carbons (Fsp3) is 0.500. The Bertz CT molecular complexity index is 886. The third-order valence-corrected chi connectivity index (χ3v) is 5.59. The van der Waals surface area contributed by atoms with Crippen molar-refractivity contribution in [3.05, 3.63) is 47.3 Å². The van der Waals surface area contributed by atoms with Crippen molar-refractivity contribution in [2.75, 3.05) is 19.6 Å². The Morgan fingerprint density at radius 1 is 1.03 bits per heavy atom. The normalized spacial score (nSPS) is 17.1. The maximum Gasteiger partial charge on any atom is 0.261 e. The number of rotatable bonds is 8. The van der Waals surface area contributed by atoms with E-state index in [2.05, 4.69) is 16.9 Å². The molecule has 0 radical (unpaired) electrons. The number of aromatic nitrogens is 2. The molecule has 2 aromatic rings. The van der Waals surface area contributed by atoms with Crippen LogP contribution in [0.4, 0.5) is 0 Å². The van der Waals surface area contributed by atoms with E-state index >= 15 is 0 Å². The molecule has 3 heterocycles. The number of imide groups is 1. The molecule has 0 aliphatic carbocycles. The van der Waals surface area contributed by atoms with Crippen molar-refractivity contribution in [2.24, 2.45) is 0 Å². The zero-order valence-electron chi connectivity index (χ0n) is 17.0. The molecule has 4 rings (SSSR count). The fourth-order valence-electron chi connectivity index (χ4n) is 4.00. The predicted octanol–water partition coefficient (Wildman–Crippen LogP) is 3.50. The maximum absolute atomic E-state index is 12.7. The van der Waals surface area contributed by atoms with Crippen LogP contribution in [0.1, 0.15) is 71.7 Å². The van der Waals surface area contributed by atoms with Crippen molar-refractivity contribution in [2.45, 2.75) is 52.0 Å². The van der Waals surface area contributed by atoms with Gasteiger partial charge in [-0.1, -0.05) is 26.2 Å². The first-order chi connectivity index (χ1) is 14.2. The van der Waals surface area contributed by atoms with Crippen LogP contribution in [0.15, 0.2) is 30.6 Å². The van der Waals surface area contributed by atoms with Gasteiger partial charge in [-0.3, -0.25) is 19.4 Å². The molecule has 7 nitrogen and oxygen atoms in total. The number of hydrogen-bond donors (Lipinski definition) is 0. The molecule has 1 fully saturated rings. The van der Waals surface area contributed by atoms with Crippen LogP contribution in [-0.4, -0.2) is 51.2 Å². The molecule has 2 aliphatic rings. The molecule has 154 valence electrons. The number of piperidine rings is 1. The summed E-state index contributed by atoms with van der Waals surface area (Å²) in [5.41, 5.74) is 1.95. The zero-order chi connectivity index (χ0) is 20.2. The molecule has 7 heteroatoms. The summed E-state index contributed by atoms with van der Waals surface area (Å²) in [4.78, 5) is 36.1. The summed E-state index contributed by atoms with van der Waals surface area (Å²) in [5.74, 6) is 0.0429. The highest BCUT2D eigenvalue weighted by atomic mass is 16.7. The second-order valence-electron chi connectivity index (χ2n) is 7.86. The zero-order valence-corrected chi connectivity index (χ0v) is 17.0. The fourth-order valence-corrected chi connectivity index (χ4v) is 4.00. The quantitative estimate of drug-likeness (QED) is 0.505. The second-order valence-corrected chi connectivity index (χ2v) is 7.86. The van der Waals surface area contributed by atoms with Gasteiger partial charge < -0.3 is 4.84 Å². The molecule has 2 aliphatic heterocycles. The number of likely N-dealkylation sites (tertiary alicyclic amines) is 1. The van der Waals surface area contributed by atoms with Gasteiger partial charge in [-0.15, -0.1) is 9.94 Å². The van der Waals surface area contributed by atoms with Crippen molar-refractivity contribution >= 4 is 11.8 Å². The Morgan fingerprint density at radius 3 is 2.62 bits per heavy atom. The van der Waals surface area contributed by atoms with E-state index in [0.717, 1.165) is 44.5 Å². The van der Waals surface area contributed by atoms with Gasteiger partial charge in [-0.2, -0.15) is 0 Å². The number of carbonyl (C=O) groups is 2. The summed E-state index contributed by atoms with van der Waals surface area (Å²) in [5, 5.41) is 4.27. The SMILES string of the molecule is CCCCCN1C(=O)c2ccc(On3cc(CN4CCCCC4)cn3)cc2C1=O. The minimum absolute atomic E-state index is 0.212. The lowest BCUT2D eigenvalue weighted by Crippen LogP contribution is -2.30. The van der Waals surface area contributed by atoms with Crippen molar-refractivity contribution in [3.8, 4) is 5.75 Å². The summed E-state index contributed by atoms with van der Waals surface area (Å²) in [6.45, 7) is 5.69. The summed E-state index contributed by atoms with van der Waals surface area (Å²) >= 11 is 0. The molecular formula is C22H28N4O3. The summed E-state index contributed by atoms with van der Waals surface area (Å²) in [7, 11) is 0. The van der Waals surface area contributed by atoms with E-state index in [1.54, 1.807) is 18.2 Å². The van der Waals surface area contributed by atoms with E-state index in [4.69, 9.17) is 4.84 Å². The Labute approximate surface area is 171 Å². The Balaban J connectivity index is 1.41. The van der Waals surface area contributed by atoms with Crippen LogP contribution in [0.5, 0.6) is 5.75 Å². The topological polar surface area (TPSA) is 67.7 Å². The number of fused-ring (bicyclic) bond motifs is 1. The van der Waals surface area contributed by atoms with Gasteiger partial charge in [0, 0.05) is 18.7 Å². The van der Waals surface area contributed by atoms with Gasteiger partial charge in [0.2, 0.25) is 0 Å². The monoisotopic (exact) mass is 396 g/mol. The second kappa shape index (κ2) is 8.78. The standard InChI is InChI=1S/C22H28N4O3/c1-2-3-5-12-25-21(27)19-9-8-18(13-20(19)22(25)28)29-26-16-17(14-23-26)15-24-10-6-4-7-11-24/h8-9,13-14,16H,2-7,10-12,15H2,1H3. The largest absolute Gasteiger partial charge is 0.358 e. The molecule has 1 aromatic carbocycles. The molecule has 1 saturated heterocycles. The smallest absolute Gasteiger partial charge is 0.261 e. The molecule has 29 heavy (non-hydrogen) atoms. The Hall–Kier alpha value is -2.67. The molecule has 0 unspecified atom stereocenters. The van der Waals surface area contributed by atoms with E-state index < -0.39 is 0 Å². The highest BCUT2D eigenvalue weighted by molar-refractivity contribution is 6.21. The molecule has 0 atom stereocenters. The van der Waals surface area contributed by atoms with Crippen molar-refractivity contribution < 1.29 is 14.4 Å². The molecule has 2 amide bonds. The van der Waals surface area contributed by atoms with Gasteiger partial charge in [-0.25, -0.2) is 0 Å². The Kier molecular flexibility index (Phi) is 5.94. The summed E-state index contributed by atoms with van der Waals surface area (Å²) < 4.78 is 0. The van der Waals surface area contributed by atoms with Gasteiger partial charge >= 0.3 is 0 Å². The predicted molar refractivity (Wildman–Crippen MR) is 109 cm³/mol. The molecular weight excluding hydrogens is 368 g/mol. The van der Waals surface area contributed by atoms with Crippen LogP contribution in [0, 0.1) is 0 Å². The van der Waals surface area contributed by atoms with Gasteiger partial charge in [0.1, 0.15) is 0 Å². The molecule has 0 spiro atoms. The number of nitrogens with zero attached hydrogens (tertiary/aromatic N) is 4. The average molecular weight is 396 g/mol. The average Bonchev–Trinajstić information content (AvgIpc) is 3.26. The maximum atomic E-state index is 12.7. The highest BCUT2D eigenvalue weighted by Crippen LogP contribution is 2.27. The molecule has 0 saturated carbocycles. The first-order valence-corrected chi connectivity index (χ1v) is 10.6. The lowest BCUT2D eigenvalue weighted by Gasteiger charge is -2.25. The van der Waals surface area contributed by atoms with Crippen LogP contribution in [0.25, 0.3) is 0 Å². The lowest BCUT2D eigenvalue weighted by atomic mass is 10.1. The third kappa shape index (κ3) is 4.34. The van der Waals surface area contributed by atoms with Crippen LogP contribution in [0.3, 0.4) is 0 Å². The number of benzene rings is 1. The Morgan fingerprint density at radius 2 is 1.83 bits per heavy atom. The number of unbranched alkanes of at least 4 members (excludes halogenated alkanes) is 2. The number of carbonyl (C=O) groups excluding carboxylic acids is 2. The van der Waals surface area contributed by atoms with Crippen molar-refractivity contribution in [3.63, 3.8) is 0 Å². The highest BCUT2D eigenvalue weighted by Gasteiger charge is 2.35. The van der Waals surface area contributed by atoms with Gasteiger partial charge in [-0.05, 0) is 50.6 Å². The molecule has 0 bridgehead atoms. The van der Waals surface area contributed by atoms with Crippen molar-refractivity contribution in [1.29, 1.82) is 0 Å². The molecule has 1 aromatic heterocycles. The summed E-state index contributed by atoms with van der Waals surface area (Å²) in [6.07, 6.45) is 10.4. The van der Waals surface area contributed by atoms with Crippen LogP contribution < -0.4 is 4.84 Å². The number of hydrogen-bond acceptors (Lipinski definition) is 5. The number of amides is 2. The minimum atomic E-state index is -0.238. The first-order valence-electron chi connectivity index (χ1n) is 10.6. The van der Waals surface area contributed by atoms with Gasteiger partial charge in [0.15, 0.2) is 5.75 Å². The van der Waals surface area contributed by atoms with Crippen LogP contribution in [0.2, 0.25) is 0 Å². The van der Waals surface area contributed by atoms with Crippen LogP contribution in [-0.2, 0) is 6.54 Å². The molecule has 0 N–H and O–H groups in total. The van der Waals surface area contributed by atoms with E-state index in [9.17, 15) is 9.59 Å². The third-order valence-electron chi connectivity index (χ3n) is 5.59. The lowest BCUT2D eigenvalue weighted by molar-refractivity contribution is 0.0651. The summed E-state index contributed by atoms with van der Waals surface area (Å²) in [6, 6.07) is 5.02.